The van der Waals surface area contributed by atoms with Gasteiger partial charge in [-0.15, -0.1) is 0 Å². The van der Waals surface area contributed by atoms with Gasteiger partial charge in [0.2, 0.25) is 0 Å². The number of aromatic nitrogens is 2. The van der Waals surface area contributed by atoms with E-state index in [0.717, 1.165) is 51.6 Å². The van der Waals surface area contributed by atoms with Crippen LogP contribution in [0.5, 0.6) is 0 Å². The first-order valence-electron chi connectivity index (χ1n) is 9.63. The molecule has 0 radical (unpaired) electrons. The average Bonchev–Trinajstić information content (AvgIpc) is 2.96. The van der Waals surface area contributed by atoms with Gasteiger partial charge in [-0.25, -0.2) is 8.42 Å². The third kappa shape index (κ3) is 3.77. The Hall–Kier alpha value is -1.09. The predicted octanol–water partition coefficient (Wildman–Crippen LogP) is 2.98. The van der Waals surface area contributed by atoms with E-state index in [1.54, 1.807) is 7.05 Å². The summed E-state index contributed by atoms with van der Waals surface area (Å²) in [5.74, 6) is 0.827. The van der Waals surface area contributed by atoms with Crippen molar-refractivity contribution < 1.29 is 21.6 Å². The number of hydrogen-bond donors (Lipinski definition) is 0. The van der Waals surface area contributed by atoms with Crippen molar-refractivity contribution in [1.82, 2.24) is 14.7 Å². The maximum Gasteiger partial charge on any atom is 0.435 e. The molecule has 2 saturated heterocycles. The van der Waals surface area contributed by atoms with Crippen LogP contribution >= 0.6 is 0 Å². The normalized spacial score (nSPS) is 31.0. The average molecular weight is 405 g/mol. The van der Waals surface area contributed by atoms with Crippen molar-refractivity contribution in [3.05, 3.63) is 17.5 Å². The second kappa shape index (κ2) is 6.47. The van der Waals surface area contributed by atoms with Crippen molar-refractivity contribution in [2.75, 3.05) is 24.6 Å². The molecule has 0 aromatic carbocycles. The zero-order chi connectivity index (χ0) is 19.4. The molecule has 2 aliphatic heterocycles. The summed E-state index contributed by atoms with van der Waals surface area (Å²) in [4.78, 5) is 2.47. The predicted molar refractivity (Wildman–Crippen MR) is 95.1 cm³/mol. The lowest BCUT2D eigenvalue weighted by Gasteiger charge is -2.49. The molecule has 3 heterocycles. The maximum absolute atomic E-state index is 12.9. The largest absolute Gasteiger partial charge is 0.435 e. The third-order valence-electron chi connectivity index (χ3n) is 6.75. The topological polar surface area (TPSA) is 55.2 Å². The van der Waals surface area contributed by atoms with Crippen molar-refractivity contribution in [1.29, 1.82) is 0 Å². The Bertz CT molecular complexity index is 788. The first-order chi connectivity index (χ1) is 12.6. The summed E-state index contributed by atoms with van der Waals surface area (Å²) in [6.45, 7) is 1.88. The zero-order valence-electron chi connectivity index (χ0n) is 15.5. The van der Waals surface area contributed by atoms with Crippen LogP contribution in [-0.4, -0.2) is 53.7 Å². The highest BCUT2D eigenvalue weighted by molar-refractivity contribution is 7.92. The SMILES string of the molecule is Cn1nc(C(F)(F)F)cc1[C@H]1CC[C@@H](N2CCC3(CC2)CS(=O)(=O)C3)CC1. The van der Waals surface area contributed by atoms with Crippen LogP contribution < -0.4 is 0 Å². The van der Waals surface area contributed by atoms with E-state index < -0.39 is 21.7 Å². The van der Waals surface area contributed by atoms with Gasteiger partial charge in [-0.05, 0) is 57.7 Å². The number of nitrogens with zero attached hydrogens (tertiary/aromatic N) is 3. The highest BCUT2D eigenvalue weighted by Crippen LogP contribution is 2.44. The van der Waals surface area contributed by atoms with Gasteiger partial charge in [-0.3, -0.25) is 4.68 Å². The molecule has 4 rings (SSSR count). The highest BCUT2D eigenvalue weighted by atomic mass is 32.2. The Morgan fingerprint density at radius 2 is 1.70 bits per heavy atom. The summed E-state index contributed by atoms with van der Waals surface area (Å²) in [7, 11) is -1.20. The van der Waals surface area contributed by atoms with Gasteiger partial charge in [0.25, 0.3) is 0 Å². The lowest BCUT2D eigenvalue weighted by Crippen LogP contribution is -2.56. The quantitative estimate of drug-likeness (QED) is 0.759. The van der Waals surface area contributed by atoms with Crippen molar-refractivity contribution >= 4 is 9.84 Å². The summed E-state index contributed by atoms with van der Waals surface area (Å²) in [6, 6.07) is 1.66. The summed E-state index contributed by atoms with van der Waals surface area (Å²) >= 11 is 0. The molecule has 3 fully saturated rings. The van der Waals surface area contributed by atoms with Crippen molar-refractivity contribution in [3.63, 3.8) is 0 Å². The van der Waals surface area contributed by atoms with Crippen molar-refractivity contribution in [3.8, 4) is 0 Å². The number of rotatable bonds is 2. The molecular formula is C18H26F3N3O2S. The first-order valence-corrected chi connectivity index (χ1v) is 11.4. The van der Waals surface area contributed by atoms with Crippen LogP contribution in [0.2, 0.25) is 0 Å². The molecule has 3 aliphatic rings. The Balaban J connectivity index is 1.32. The number of sulfone groups is 1. The Morgan fingerprint density at radius 1 is 1.11 bits per heavy atom. The fourth-order valence-corrected chi connectivity index (χ4v) is 7.64. The number of alkyl halides is 3. The molecule has 0 amide bonds. The molecule has 1 spiro atoms. The summed E-state index contributed by atoms with van der Waals surface area (Å²) in [5.41, 5.74) is -0.105. The van der Waals surface area contributed by atoms with Crippen LogP contribution in [-0.2, 0) is 23.1 Å². The van der Waals surface area contributed by atoms with Gasteiger partial charge in [0, 0.05) is 30.1 Å². The molecule has 9 heteroatoms. The third-order valence-corrected chi connectivity index (χ3v) is 8.85. The van der Waals surface area contributed by atoms with Gasteiger partial charge in [-0.2, -0.15) is 18.3 Å². The second-order valence-corrected chi connectivity index (χ2v) is 10.7. The molecule has 0 N–H and O–H groups in total. The van der Waals surface area contributed by atoms with E-state index in [1.165, 1.54) is 10.7 Å². The van der Waals surface area contributed by atoms with Gasteiger partial charge >= 0.3 is 6.18 Å². The minimum atomic E-state index is -4.40. The minimum Gasteiger partial charge on any atom is -0.300 e. The molecule has 1 aromatic rings. The lowest BCUT2D eigenvalue weighted by atomic mass is 9.78. The molecule has 0 atom stereocenters. The van der Waals surface area contributed by atoms with Crippen LogP contribution in [0.1, 0.15) is 55.8 Å². The number of piperidine rings is 1. The number of hydrogen-bond acceptors (Lipinski definition) is 4. The lowest BCUT2D eigenvalue weighted by molar-refractivity contribution is -0.141. The number of aryl methyl sites for hydroxylation is 1. The zero-order valence-corrected chi connectivity index (χ0v) is 16.3. The smallest absolute Gasteiger partial charge is 0.300 e. The van der Waals surface area contributed by atoms with Crippen LogP contribution in [0, 0.1) is 5.41 Å². The molecule has 0 bridgehead atoms. The molecule has 1 aliphatic carbocycles. The highest BCUT2D eigenvalue weighted by Gasteiger charge is 2.50. The summed E-state index contributed by atoms with van der Waals surface area (Å²) in [5, 5.41) is 3.64. The van der Waals surface area contributed by atoms with E-state index in [9.17, 15) is 21.6 Å². The summed E-state index contributed by atoms with van der Waals surface area (Å²) in [6.07, 6.45) is 1.19. The maximum atomic E-state index is 12.9. The Labute approximate surface area is 157 Å². The van der Waals surface area contributed by atoms with Crippen LogP contribution in [0.25, 0.3) is 0 Å². The molecule has 27 heavy (non-hydrogen) atoms. The van der Waals surface area contributed by atoms with E-state index in [1.807, 2.05) is 0 Å². The number of halogens is 3. The van der Waals surface area contributed by atoms with Crippen LogP contribution in [0.4, 0.5) is 13.2 Å². The molecule has 5 nitrogen and oxygen atoms in total. The second-order valence-electron chi connectivity index (χ2n) is 8.65. The monoisotopic (exact) mass is 405 g/mol. The van der Waals surface area contributed by atoms with Gasteiger partial charge in [0.05, 0.1) is 11.5 Å². The minimum absolute atomic E-state index is 0.0231. The molecule has 152 valence electrons. The van der Waals surface area contributed by atoms with E-state index in [0.29, 0.717) is 23.2 Å². The van der Waals surface area contributed by atoms with Gasteiger partial charge < -0.3 is 4.90 Å². The standard InChI is InChI=1S/C18H26F3N3O2S/c1-23-15(10-16(22-23)18(19,20)21)13-2-4-14(5-3-13)24-8-6-17(7-9-24)11-27(25,26)12-17/h10,13-14H,2-9,11-12H2,1H3/t13-,14+. The molecular weight excluding hydrogens is 379 g/mol. The van der Waals surface area contributed by atoms with Crippen molar-refractivity contribution in [2.24, 2.45) is 12.5 Å². The fraction of sp³-hybridized carbons (Fsp3) is 0.833. The van der Waals surface area contributed by atoms with E-state index in [4.69, 9.17) is 0 Å². The Morgan fingerprint density at radius 3 is 2.19 bits per heavy atom. The number of likely N-dealkylation sites (tertiary alicyclic amines) is 1. The molecule has 1 saturated carbocycles. The van der Waals surface area contributed by atoms with E-state index >= 15 is 0 Å². The fourth-order valence-electron chi connectivity index (χ4n) is 5.28. The Kier molecular flexibility index (Phi) is 4.61. The van der Waals surface area contributed by atoms with Crippen molar-refractivity contribution in [2.45, 2.75) is 56.7 Å². The van der Waals surface area contributed by atoms with E-state index in [-0.39, 0.29) is 11.3 Å². The molecule has 1 aromatic heterocycles. The molecule has 0 unspecified atom stereocenters. The van der Waals surface area contributed by atoms with E-state index in [2.05, 4.69) is 10.00 Å². The van der Waals surface area contributed by atoms with Crippen LogP contribution in [0.15, 0.2) is 6.07 Å². The van der Waals surface area contributed by atoms with Crippen LogP contribution in [0.3, 0.4) is 0 Å². The van der Waals surface area contributed by atoms with Gasteiger partial charge in [-0.1, -0.05) is 0 Å². The first kappa shape index (κ1) is 19.2. The van der Waals surface area contributed by atoms with Gasteiger partial charge in [0.15, 0.2) is 15.5 Å². The summed E-state index contributed by atoms with van der Waals surface area (Å²) < 4.78 is 63.0. The van der Waals surface area contributed by atoms with Gasteiger partial charge in [0.1, 0.15) is 0 Å².